The first-order chi connectivity index (χ1) is 15.2. The van der Waals surface area contributed by atoms with Crippen molar-refractivity contribution >= 4 is 68.8 Å². The molecule has 0 spiro atoms. The Morgan fingerprint density at radius 3 is 2.47 bits per heavy atom. The van der Waals surface area contributed by atoms with Crippen LogP contribution in [0.1, 0.15) is 11.6 Å². The predicted molar refractivity (Wildman–Crippen MR) is 126 cm³/mol. The summed E-state index contributed by atoms with van der Waals surface area (Å²) in [7, 11) is 0. The first-order valence-electron chi connectivity index (χ1n) is 8.83. The van der Waals surface area contributed by atoms with Crippen LogP contribution in [-0.2, 0) is 0 Å². The maximum absolute atomic E-state index is 13.4. The van der Waals surface area contributed by atoms with Gasteiger partial charge in [0, 0.05) is 15.7 Å². The van der Waals surface area contributed by atoms with Gasteiger partial charge in [-0.3, -0.25) is 29.6 Å². The largest absolute Gasteiger partial charge is 0.433 e. The molecule has 12 heteroatoms. The number of aromatic nitrogens is 2. The Morgan fingerprint density at radius 2 is 1.81 bits per heavy atom. The van der Waals surface area contributed by atoms with Gasteiger partial charge in [-0.1, -0.05) is 11.6 Å². The lowest BCUT2D eigenvalue weighted by molar-refractivity contribution is -0.402. The molecule has 0 bridgehead atoms. The van der Waals surface area contributed by atoms with Crippen molar-refractivity contribution in [3.05, 3.63) is 99.3 Å². The van der Waals surface area contributed by atoms with Crippen LogP contribution < -0.4 is 5.56 Å². The first-order valence-corrected chi connectivity index (χ1v) is 10.3. The van der Waals surface area contributed by atoms with Crippen LogP contribution in [0.15, 0.2) is 57.7 Å². The second-order valence-corrected chi connectivity index (χ2v) is 8.08. The fraction of sp³-hybridized carbons (Fsp3) is 0. The molecule has 0 saturated carbocycles. The molecule has 0 radical (unpaired) electrons. The van der Waals surface area contributed by atoms with Gasteiger partial charge in [-0.05, 0) is 65.1 Å². The third kappa shape index (κ3) is 4.11. The van der Waals surface area contributed by atoms with Gasteiger partial charge in [0.15, 0.2) is 0 Å². The highest BCUT2D eigenvalue weighted by Crippen LogP contribution is 2.27. The van der Waals surface area contributed by atoms with E-state index >= 15 is 0 Å². The van der Waals surface area contributed by atoms with E-state index < -0.39 is 21.3 Å². The topological polar surface area (TPSA) is 134 Å². The Bertz CT molecular complexity index is 1490. The predicted octanol–water partition coefficient (Wildman–Crippen LogP) is 5.22. The number of nitro groups is 2. The number of hydrogen-bond acceptors (Lipinski definition) is 7. The van der Waals surface area contributed by atoms with Crippen molar-refractivity contribution < 1.29 is 14.3 Å². The summed E-state index contributed by atoms with van der Waals surface area (Å²) in [6.45, 7) is 0. The smallest absolute Gasteiger partial charge is 0.401 e. The highest BCUT2D eigenvalue weighted by atomic mass is 127. The fourth-order valence-electron chi connectivity index (χ4n) is 3.00. The van der Waals surface area contributed by atoms with E-state index in [2.05, 4.69) is 27.6 Å². The molecule has 32 heavy (non-hydrogen) atoms. The molecule has 0 aliphatic carbocycles. The number of nitro benzene ring substituents is 1. The van der Waals surface area contributed by atoms with Crippen LogP contribution in [0.25, 0.3) is 28.7 Å². The zero-order chi connectivity index (χ0) is 23.0. The zero-order valence-electron chi connectivity index (χ0n) is 15.8. The van der Waals surface area contributed by atoms with Gasteiger partial charge < -0.3 is 4.42 Å². The Balaban J connectivity index is 1.94. The molecule has 0 N–H and O–H groups in total. The van der Waals surface area contributed by atoms with Gasteiger partial charge in [-0.25, -0.2) is 4.98 Å². The molecule has 2 heterocycles. The summed E-state index contributed by atoms with van der Waals surface area (Å²) in [6.07, 6.45) is 2.86. The molecular formula is C20H10ClIN4O6. The van der Waals surface area contributed by atoms with E-state index in [9.17, 15) is 25.0 Å². The molecule has 0 fully saturated rings. The number of halogens is 2. The van der Waals surface area contributed by atoms with Gasteiger partial charge >= 0.3 is 5.88 Å². The maximum atomic E-state index is 13.4. The minimum Gasteiger partial charge on any atom is -0.401 e. The molecule has 0 atom stereocenters. The summed E-state index contributed by atoms with van der Waals surface area (Å²) >= 11 is 8.35. The first kappa shape index (κ1) is 21.6. The Hall–Kier alpha value is -3.58. The van der Waals surface area contributed by atoms with Crippen molar-refractivity contribution in [2.45, 2.75) is 0 Å². The van der Waals surface area contributed by atoms with Crippen molar-refractivity contribution in [2.24, 2.45) is 0 Å². The van der Waals surface area contributed by atoms with E-state index in [-0.39, 0.29) is 28.0 Å². The van der Waals surface area contributed by atoms with E-state index in [0.29, 0.717) is 10.9 Å². The summed E-state index contributed by atoms with van der Waals surface area (Å²) in [5.74, 6) is -0.102. The number of rotatable bonds is 5. The highest BCUT2D eigenvalue weighted by molar-refractivity contribution is 14.1. The molecular weight excluding hydrogens is 555 g/mol. The van der Waals surface area contributed by atoms with E-state index in [1.807, 2.05) is 0 Å². The van der Waals surface area contributed by atoms with Gasteiger partial charge in [0.2, 0.25) is 0 Å². The average molecular weight is 565 g/mol. The number of benzene rings is 2. The molecule has 4 aromatic rings. The quantitative estimate of drug-likeness (QED) is 0.184. The van der Waals surface area contributed by atoms with Gasteiger partial charge in [0.05, 0.1) is 32.6 Å². The molecule has 2 aromatic heterocycles. The van der Waals surface area contributed by atoms with Crippen molar-refractivity contribution in [3.63, 3.8) is 0 Å². The number of hydrogen-bond donors (Lipinski definition) is 0. The lowest BCUT2D eigenvalue weighted by Gasteiger charge is -2.13. The zero-order valence-corrected chi connectivity index (χ0v) is 18.7. The molecule has 0 unspecified atom stereocenters. The minimum absolute atomic E-state index is 0.0173. The second kappa shape index (κ2) is 8.51. The molecule has 0 saturated heterocycles. The maximum Gasteiger partial charge on any atom is 0.433 e. The van der Waals surface area contributed by atoms with E-state index in [0.717, 1.165) is 9.64 Å². The molecule has 0 aliphatic rings. The summed E-state index contributed by atoms with van der Waals surface area (Å²) in [5.41, 5.74) is -0.0418. The fourth-order valence-corrected chi connectivity index (χ4v) is 3.75. The van der Waals surface area contributed by atoms with Crippen molar-refractivity contribution in [3.8, 4) is 5.69 Å². The summed E-state index contributed by atoms with van der Waals surface area (Å²) in [4.78, 5) is 38.5. The SMILES string of the molecule is O=c1c2cc(I)ccc2nc(/C=C/c2ccc([N+](=O)[O-])o2)n1-c1ccc([N+](=O)[O-])cc1Cl. The van der Waals surface area contributed by atoms with Crippen LogP contribution in [0.4, 0.5) is 11.6 Å². The molecule has 2 aromatic carbocycles. The van der Waals surface area contributed by atoms with E-state index in [1.54, 1.807) is 18.2 Å². The average Bonchev–Trinajstić information content (AvgIpc) is 3.23. The van der Waals surface area contributed by atoms with Gasteiger partial charge in [0.1, 0.15) is 16.5 Å². The standard InChI is InChI=1S/C20H10ClIN4O6/c21-15-10-12(25(28)29)2-6-17(15)24-18(7-3-13-4-8-19(32-13)26(30)31)23-16-5-1-11(22)9-14(16)20(24)27/h1-10H/b7-3+. The van der Waals surface area contributed by atoms with Crippen molar-refractivity contribution in [1.29, 1.82) is 0 Å². The van der Waals surface area contributed by atoms with Crippen LogP contribution in [0.5, 0.6) is 0 Å². The number of fused-ring (bicyclic) bond motifs is 1. The van der Waals surface area contributed by atoms with Crippen LogP contribution in [0.3, 0.4) is 0 Å². The third-order valence-electron chi connectivity index (χ3n) is 4.43. The molecule has 160 valence electrons. The Morgan fingerprint density at radius 1 is 1.03 bits per heavy atom. The minimum atomic E-state index is -0.667. The molecule has 0 aliphatic heterocycles. The van der Waals surface area contributed by atoms with Crippen LogP contribution >= 0.6 is 34.2 Å². The van der Waals surface area contributed by atoms with Gasteiger partial charge in [-0.2, -0.15) is 0 Å². The van der Waals surface area contributed by atoms with Crippen molar-refractivity contribution in [1.82, 2.24) is 9.55 Å². The third-order valence-corrected chi connectivity index (χ3v) is 5.40. The molecule has 4 rings (SSSR count). The Kier molecular flexibility index (Phi) is 5.76. The van der Waals surface area contributed by atoms with Crippen molar-refractivity contribution in [2.75, 3.05) is 0 Å². The summed E-state index contributed by atoms with van der Waals surface area (Å²) in [5, 5.41) is 22.2. The normalized spacial score (nSPS) is 11.3. The summed E-state index contributed by atoms with van der Waals surface area (Å²) in [6, 6.07) is 11.5. The highest BCUT2D eigenvalue weighted by Gasteiger charge is 2.17. The van der Waals surface area contributed by atoms with Gasteiger partial charge in [0.25, 0.3) is 11.2 Å². The number of furan rings is 1. The Labute approximate surface area is 197 Å². The number of nitrogens with zero attached hydrogens (tertiary/aromatic N) is 4. The van der Waals surface area contributed by atoms with Crippen LogP contribution in [0.2, 0.25) is 5.02 Å². The van der Waals surface area contributed by atoms with Crippen LogP contribution in [0, 0.1) is 23.8 Å². The van der Waals surface area contributed by atoms with Gasteiger partial charge in [-0.15, -0.1) is 0 Å². The lowest BCUT2D eigenvalue weighted by atomic mass is 10.2. The second-order valence-electron chi connectivity index (χ2n) is 6.43. The molecule has 0 amide bonds. The van der Waals surface area contributed by atoms with E-state index in [1.165, 1.54) is 41.0 Å². The monoisotopic (exact) mass is 564 g/mol. The lowest BCUT2D eigenvalue weighted by Crippen LogP contribution is -2.22. The number of non-ortho nitro benzene ring substituents is 1. The summed E-state index contributed by atoms with van der Waals surface area (Å²) < 4.78 is 7.15. The van der Waals surface area contributed by atoms with E-state index in [4.69, 9.17) is 16.0 Å². The van der Waals surface area contributed by atoms with Crippen LogP contribution in [-0.4, -0.2) is 19.4 Å². The molecule has 10 nitrogen and oxygen atoms in total.